The van der Waals surface area contributed by atoms with Gasteiger partial charge >= 0.3 is 0 Å². The van der Waals surface area contributed by atoms with Crippen molar-refractivity contribution in [3.8, 4) is 11.5 Å². The summed E-state index contributed by atoms with van der Waals surface area (Å²) in [5, 5.41) is 0.355. The second-order valence-corrected chi connectivity index (χ2v) is 8.20. The SMILES string of the molecule is COc1ccc(Cl)cc1S(=O)(=O)N1CCCC(Oc2ccccc2)C1. The topological polar surface area (TPSA) is 55.8 Å². The van der Waals surface area contributed by atoms with Crippen LogP contribution in [0.4, 0.5) is 0 Å². The van der Waals surface area contributed by atoms with E-state index < -0.39 is 10.0 Å². The molecule has 1 atom stereocenters. The van der Waals surface area contributed by atoms with Crippen molar-refractivity contribution in [1.82, 2.24) is 4.31 Å². The minimum atomic E-state index is -3.71. The average Bonchev–Trinajstić information content (AvgIpc) is 2.63. The largest absolute Gasteiger partial charge is 0.495 e. The molecule has 0 amide bonds. The van der Waals surface area contributed by atoms with Crippen molar-refractivity contribution in [3.63, 3.8) is 0 Å². The number of rotatable bonds is 5. The van der Waals surface area contributed by atoms with E-state index >= 15 is 0 Å². The maximum absolute atomic E-state index is 13.0. The highest BCUT2D eigenvalue weighted by Gasteiger charge is 2.33. The first-order valence-electron chi connectivity index (χ1n) is 8.06. The van der Waals surface area contributed by atoms with E-state index in [2.05, 4.69) is 0 Å². The fraction of sp³-hybridized carbons (Fsp3) is 0.333. The van der Waals surface area contributed by atoms with Crippen LogP contribution in [0.25, 0.3) is 0 Å². The van der Waals surface area contributed by atoms with Gasteiger partial charge in [0.05, 0.1) is 13.7 Å². The van der Waals surface area contributed by atoms with Crippen LogP contribution in [0, 0.1) is 0 Å². The van der Waals surface area contributed by atoms with Gasteiger partial charge in [0.25, 0.3) is 0 Å². The molecule has 1 aliphatic rings. The van der Waals surface area contributed by atoms with Crippen LogP contribution in [-0.2, 0) is 10.0 Å². The summed E-state index contributed by atoms with van der Waals surface area (Å²) in [5.41, 5.74) is 0. The first kappa shape index (κ1) is 18.0. The zero-order valence-electron chi connectivity index (χ0n) is 13.9. The average molecular weight is 382 g/mol. The third-order valence-corrected chi connectivity index (χ3v) is 6.25. The summed E-state index contributed by atoms with van der Waals surface area (Å²) < 4.78 is 38.7. The number of ether oxygens (including phenoxy) is 2. The van der Waals surface area contributed by atoms with Crippen LogP contribution in [-0.4, -0.2) is 39.0 Å². The molecule has 2 aromatic carbocycles. The standard InChI is InChI=1S/C18H20ClNO4S/c1-23-17-10-9-14(19)12-18(17)25(21,22)20-11-5-8-16(13-20)24-15-6-3-2-4-7-15/h2-4,6-7,9-10,12,16H,5,8,11,13H2,1H3. The Bertz CT molecular complexity index is 826. The van der Waals surface area contributed by atoms with E-state index in [1.165, 1.54) is 17.5 Å². The Morgan fingerprint density at radius 2 is 1.92 bits per heavy atom. The van der Waals surface area contributed by atoms with Crippen LogP contribution < -0.4 is 9.47 Å². The van der Waals surface area contributed by atoms with Crippen LogP contribution >= 0.6 is 11.6 Å². The molecule has 0 bridgehead atoms. The van der Waals surface area contributed by atoms with E-state index in [1.807, 2.05) is 30.3 Å². The van der Waals surface area contributed by atoms with Crippen molar-refractivity contribution >= 4 is 21.6 Å². The summed E-state index contributed by atoms with van der Waals surface area (Å²) in [6.45, 7) is 0.750. The Hall–Kier alpha value is -1.76. The maximum Gasteiger partial charge on any atom is 0.246 e. The van der Waals surface area contributed by atoms with Gasteiger partial charge in [0.2, 0.25) is 10.0 Å². The predicted molar refractivity (Wildman–Crippen MR) is 96.9 cm³/mol. The van der Waals surface area contributed by atoms with E-state index in [4.69, 9.17) is 21.1 Å². The second kappa shape index (κ2) is 7.64. The van der Waals surface area contributed by atoms with Gasteiger partial charge in [-0.15, -0.1) is 0 Å². The Morgan fingerprint density at radius 3 is 2.64 bits per heavy atom. The number of piperidine rings is 1. The van der Waals surface area contributed by atoms with Crippen LogP contribution in [0.15, 0.2) is 53.4 Å². The van der Waals surface area contributed by atoms with Crippen molar-refractivity contribution < 1.29 is 17.9 Å². The molecule has 7 heteroatoms. The lowest BCUT2D eigenvalue weighted by Gasteiger charge is -2.32. The number of methoxy groups -OCH3 is 1. The van der Waals surface area contributed by atoms with Crippen molar-refractivity contribution in [2.24, 2.45) is 0 Å². The Labute approximate surface area is 153 Å². The lowest BCUT2D eigenvalue weighted by atomic mass is 10.1. The monoisotopic (exact) mass is 381 g/mol. The molecule has 0 aromatic heterocycles. The normalized spacial score (nSPS) is 18.7. The maximum atomic E-state index is 13.0. The summed E-state index contributed by atoms with van der Waals surface area (Å²) in [5.74, 6) is 1.03. The summed E-state index contributed by atoms with van der Waals surface area (Å²) in [4.78, 5) is 0.0860. The zero-order valence-corrected chi connectivity index (χ0v) is 15.5. The summed E-state index contributed by atoms with van der Waals surface area (Å²) >= 11 is 5.99. The third kappa shape index (κ3) is 4.08. The predicted octanol–water partition coefficient (Wildman–Crippen LogP) is 3.58. The molecule has 0 N–H and O–H groups in total. The van der Waals surface area contributed by atoms with Gasteiger partial charge in [0.1, 0.15) is 22.5 Å². The first-order valence-corrected chi connectivity index (χ1v) is 9.88. The van der Waals surface area contributed by atoms with E-state index in [-0.39, 0.29) is 16.7 Å². The molecular weight excluding hydrogens is 362 g/mol. The van der Waals surface area contributed by atoms with Crippen LogP contribution in [0.1, 0.15) is 12.8 Å². The molecule has 1 heterocycles. The molecule has 1 saturated heterocycles. The summed E-state index contributed by atoms with van der Waals surface area (Å²) in [6, 6.07) is 14.0. The minimum Gasteiger partial charge on any atom is -0.495 e. The van der Waals surface area contributed by atoms with Gasteiger partial charge in [-0.05, 0) is 43.2 Å². The number of hydrogen-bond acceptors (Lipinski definition) is 4. The van der Waals surface area contributed by atoms with Crippen molar-refractivity contribution in [2.45, 2.75) is 23.8 Å². The number of para-hydroxylation sites is 1. The molecular formula is C18H20ClNO4S. The van der Waals surface area contributed by atoms with Gasteiger partial charge in [0, 0.05) is 11.6 Å². The fourth-order valence-electron chi connectivity index (χ4n) is 2.90. The van der Waals surface area contributed by atoms with Crippen LogP contribution in [0.5, 0.6) is 11.5 Å². The van der Waals surface area contributed by atoms with E-state index in [9.17, 15) is 8.42 Å². The number of halogens is 1. The van der Waals surface area contributed by atoms with Crippen molar-refractivity contribution in [2.75, 3.05) is 20.2 Å². The van der Waals surface area contributed by atoms with Gasteiger partial charge < -0.3 is 9.47 Å². The molecule has 0 aliphatic carbocycles. The smallest absolute Gasteiger partial charge is 0.246 e. The van der Waals surface area contributed by atoms with Gasteiger partial charge in [0.15, 0.2) is 0 Å². The molecule has 1 aliphatic heterocycles. The number of nitrogens with zero attached hydrogens (tertiary/aromatic N) is 1. The highest BCUT2D eigenvalue weighted by molar-refractivity contribution is 7.89. The van der Waals surface area contributed by atoms with E-state index in [0.29, 0.717) is 18.1 Å². The minimum absolute atomic E-state index is 0.0860. The van der Waals surface area contributed by atoms with Crippen molar-refractivity contribution in [1.29, 1.82) is 0 Å². The molecule has 1 unspecified atom stereocenters. The third-order valence-electron chi connectivity index (χ3n) is 4.13. The highest BCUT2D eigenvalue weighted by atomic mass is 35.5. The number of sulfonamides is 1. The van der Waals surface area contributed by atoms with E-state index in [1.54, 1.807) is 12.1 Å². The van der Waals surface area contributed by atoms with Crippen LogP contribution in [0.2, 0.25) is 5.02 Å². The van der Waals surface area contributed by atoms with Gasteiger partial charge in [-0.3, -0.25) is 0 Å². The lowest BCUT2D eigenvalue weighted by Crippen LogP contribution is -2.44. The van der Waals surface area contributed by atoms with Gasteiger partial charge in [-0.25, -0.2) is 8.42 Å². The molecule has 0 saturated carbocycles. The fourth-order valence-corrected chi connectivity index (χ4v) is 4.83. The zero-order chi connectivity index (χ0) is 17.9. The van der Waals surface area contributed by atoms with E-state index in [0.717, 1.165) is 18.6 Å². The quantitative estimate of drug-likeness (QED) is 0.794. The molecule has 0 spiro atoms. The first-order chi connectivity index (χ1) is 12.0. The molecule has 2 aromatic rings. The summed E-state index contributed by atoms with van der Waals surface area (Å²) in [6.07, 6.45) is 1.36. The molecule has 134 valence electrons. The second-order valence-electron chi connectivity index (χ2n) is 5.85. The number of benzene rings is 2. The Balaban J connectivity index is 1.81. The molecule has 5 nitrogen and oxygen atoms in total. The Morgan fingerprint density at radius 1 is 1.16 bits per heavy atom. The van der Waals surface area contributed by atoms with Gasteiger partial charge in [-0.2, -0.15) is 4.31 Å². The van der Waals surface area contributed by atoms with Gasteiger partial charge in [-0.1, -0.05) is 29.8 Å². The molecule has 3 rings (SSSR count). The highest BCUT2D eigenvalue weighted by Crippen LogP contribution is 2.31. The number of hydrogen-bond donors (Lipinski definition) is 0. The molecule has 1 fully saturated rings. The molecule has 25 heavy (non-hydrogen) atoms. The van der Waals surface area contributed by atoms with Crippen LogP contribution in [0.3, 0.4) is 0 Å². The Kier molecular flexibility index (Phi) is 5.51. The molecule has 0 radical (unpaired) electrons. The summed E-state index contributed by atoms with van der Waals surface area (Å²) in [7, 11) is -2.26. The van der Waals surface area contributed by atoms with Crippen molar-refractivity contribution in [3.05, 3.63) is 53.6 Å². The lowest BCUT2D eigenvalue weighted by molar-refractivity contribution is 0.129.